The number of carbonyl (C=O) groups excluding carboxylic acids is 1. The van der Waals surface area contributed by atoms with Gasteiger partial charge in [-0.05, 0) is 19.1 Å². The molecule has 0 saturated heterocycles. The van der Waals surface area contributed by atoms with Crippen molar-refractivity contribution in [1.29, 1.82) is 0 Å². The van der Waals surface area contributed by atoms with Crippen LogP contribution >= 0.6 is 0 Å². The molecule has 4 rings (SSSR count). The molecule has 1 unspecified atom stereocenters. The fraction of sp³-hybridized carbons (Fsp3) is 0.296. The van der Waals surface area contributed by atoms with Gasteiger partial charge in [-0.1, -0.05) is 0 Å². The molecule has 16 heteroatoms. The smallest absolute Gasteiger partial charge is 0.435 e. The molecule has 1 atom stereocenters. The van der Waals surface area contributed by atoms with Crippen LogP contribution in [0.15, 0.2) is 42.7 Å². The first-order chi connectivity index (χ1) is 20.4. The molecule has 0 radical (unpaired) electrons. The van der Waals surface area contributed by atoms with E-state index in [1.54, 1.807) is 18.2 Å². The molecule has 43 heavy (non-hydrogen) atoms. The van der Waals surface area contributed by atoms with Crippen molar-refractivity contribution in [3.8, 4) is 34.3 Å². The van der Waals surface area contributed by atoms with Crippen molar-refractivity contribution in [3.63, 3.8) is 0 Å². The molecule has 3 aromatic heterocycles. The maximum atomic E-state index is 13.6. The largest absolute Gasteiger partial charge is 0.497 e. The second-order valence-corrected chi connectivity index (χ2v) is 10.6. The van der Waals surface area contributed by atoms with Gasteiger partial charge in [-0.2, -0.15) is 23.3 Å². The SMILES string of the molecule is COc1cc(Nc2ncc(-c3cnc(OC)c(C(=O)NCCS(C)=O)c3)c(-n3nc(C(F)(F)F)cc3C)n2)cc(OC)c1. The molecule has 0 bridgehead atoms. The third-order valence-corrected chi connectivity index (χ3v) is 6.81. The minimum absolute atomic E-state index is 0.0138. The van der Waals surface area contributed by atoms with Crippen LogP contribution in [0.1, 0.15) is 21.7 Å². The van der Waals surface area contributed by atoms with Gasteiger partial charge in [0.25, 0.3) is 5.91 Å². The van der Waals surface area contributed by atoms with Gasteiger partial charge in [0.05, 0.1) is 21.3 Å². The maximum absolute atomic E-state index is 13.6. The zero-order chi connectivity index (χ0) is 31.3. The van der Waals surface area contributed by atoms with Gasteiger partial charge in [0.15, 0.2) is 11.5 Å². The second kappa shape index (κ2) is 13.1. The van der Waals surface area contributed by atoms with E-state index in [0.29, 0.717) is 22.7 Å². The first kappa shape index (κ1) is 31.2. The quantitative estimate of drug-likeness (QED) is 0.254. The number of nitrogens with zero attached hydrogens (tertiary/aromatic N) is 5. The summed E-state index contributed by atoms with van der Waals surface area (Å²) in [6, 6.07) is 7.34. The van der Waals surface area contributed by atoms with Gasteiger partial charge in [-0.15, -0.1) is 0 Å². The number of halogens is 3. The Morgan fingerprint density at radius 2 is 1.70 bits per heavy atom. The molecule has 1 amide bonds. The van der Waals surface area contributed by atoms with Crippen LogP contribution in [-0.2, 0) is 17.0 Å². The number of ether oxygens (including phenoxy) is 3. The number of methoxy groups -OCH3 is 3. The predicted octanol–water partition coefficient (Wildman–Crippen LogP) is 3.93. The Bertz CT molecular complexity index is 1640. The molecule has 0 aliphatic carbocycles. The monoisotopic (exact) mass is 619 g/mol. The second-order valence-electron chi connectivity index (χ2n) is 9.05. The van der Waals surface area contributed by atoms with Crippen LogP contribution in [0.2, 0.25) is 0 Å². The summed E-state index contributed by atoms with van der Waals surface area (Å²) in [7, 11) is 3.20. The number of rotatable bonds is 11. The number of benzene rings is 1. The molecule has 228 valence electrons. The van der Waals surface area contributed by atoms with Crippen LogP contribution in [-0.4, -0.2) is 74.7 Å². The summed E-state index contributed by atoms with van der Waals surface area (Å²) < 4.78 is 69.0. The minimum atomic E-state index is -4.70. The lowest BCUT2D eigenvalue weighted by Gasteiger charge is -2.15. The van der Waals surface area contributed by atoms with E-state index in [1.165, 1.54) is 53.0 Å². The van der Waals surface area contributed by atoms with E-state index in [0.717, 1.165) is 10.7 Å². The minimum Gasteiger partial charge on any atom is -0.497 e. The highest BCUT2D eigenvalue weighted by molar-refractivity contribution is 7.84. The average Bonchev–Trinajstić information content (AvgIpc) is 3.38. The van der Waals surface area contributed by atoms with Crippen molar-refractivity contribution in [2.45, 2.75) is 13.1 Å². The number of aryl methyl sites for hydroxylation is 1. The lowest BCUT2D eigenvalue weighted by molar-refractivity contribution is -0.141. The van der Waals surface area contributed by atoms with Gasteiger partial charge < -0.3 is 24.8 Å². The zero-order valence-corrected chi connectivity index (χ0v) is 24.6. The van der Waals surface area contributed by atoms with E-state index < -0.39 is 28.6 Å². The Balaban J connectivity index is 1.83. The number of anilines is 2. The topological polar surface area (TPSA) is 142 Å². The van der Waals surface area contributed by atoms with Crippen LogP contribution in [0.3, 0.4) is 0 Å². The lowest BCUT2D eigenvalue weighted by atomic mass is 10.1. The molecule has 0 spiro atoms. The number of carbonyl (C=O) groups is 1. The van der Waals surface area contributed by atoms with Gasteiger partial charge in [0.1, 0.15) is 17.1 Å². The van der Waals surface area contributed by atoms with Crippen LogP contribution in [0.25, 0.3) is 16.9 Å². The highest BCUT2D eigenvalue weighted by Gasteiger charge is 2.35. The third-order valence-electron chi connectivity index (χ3n) is 6.03. The molecule has 4 aromatic rings. The number of alkyl halides is 3. The van der Waals surface area contributed by atoms with Gasteiger partial charge in [-0.25, -0.2) is 14.6 Å². The number of pyridine rings is 1. The maximum Gasteiger partial charge on any atom is 0.435 e. The summed E-state index contributed by atoms with van der Waals surface area (Å²) in [5.74, 6) is 0.700. The Morgan fingerprint density at radius 3 is 2.28 bits per heavy atom. The van der Waals surface area contributed by atoms with Crippen molar-refractivity contribution in [3.05, 3.63) is 59.7 Å². The van der Waals surface area contributed by atoms with Crippen molar-refractivity contribution < 1.29 is 36.4 Å². The molecular weight excluding hydrogens is 591 g/mol. The summed E-state index contributed by atoms with van der Waals surface area (Å²) in [6.07, 6.45) is -0.429. The average molecular weight is 620 g/mol. The fourth-order valence-corrected chi connectivity index (χ4v) is 4.35. The van der Waals surface area contributed by atoms with E-state index >= 15 is 0 Å². The van der Waals surface area contributed by atoms with Gasteiger partial charge >= 0.3 is 6.18 Å². The molecule has 0 aliphatic rings. The molecular formula is C27H28F3N7O5S. The Morgan fingerprint density at radius 1 is 1.00 bits per heavy atom. The number of nitrogens with one attached hydrogen (secondary N) is 2. The van der Waals surface area contributed by atoms with Crippen LogP contribution in [0, 0.1) is 6.92 Å². The van der Waals surface area contributed by atoms with Gasteiger partial charge in [-0.3, -0.25) is 9.00 Å². The van der Waals surface area contributed by atoms with Gasteiger partial charge in [0, 0.05) is 82.5 Å². The summed E-state index contributed by atoms with van der Waals surface area (Å²) >= 11 is 0. The first-order valence-corrected chi connectivity index (χ1v) is 14.3. The number of hydrogen-bond donors (Lipinski definition) is 2. The lowest BCUT2D eigenvalue weighted by Crippen LogP contribution is -2.28. The highest BCUT2D eigenvalue weighted by atomic mass is 32.2. The Kier molecular flexibility index (Phi) is 9.48. The van der Waals surface area contributed by atoms with Crippen LogP contribution in [0.4, 0.5) is 24.8 Å². The molecule has 0 fully saturated rings. The molecule has 2 N–H and O–H groups in total. The van der Waals surface area contributed by atoms with Crippen molar-refractivity contribution in [2.24, 2.45) is 0 Å². The highest BCUT2D eigenvalue weighted by Crippen LogP contribution is 2.34. The summed E-state index contributed by atoms with van der Waals surface area (Å²) in [5.41, 5.74) is 0.106. The molecule has 3 heterocycles. The van der Waals surface area contributed by atoms with E-state index in [1.807, 2.05) is 0 Å². The molecule has 1 aromatic carbocycles. The van der Waals surface area contributed by atoms with E-state index in [4.69, 9.17) is 14.2 Å². The van der Waals surface area contributed by atoms with Crippen molar-refractivity contribution >= 4 is 28.3 Å². The summed E-state index contributed by atoms with van der Waals surface area (Å²) in [5, 5.41) is 9.44. The number of hydrogen-bond acceptors (Lipinski definition) is 10. The van der Waals surface area contributed by atoms with Crippen molar-refractivity contribution in [1.82, 2.24) is 30.0 Å². The van der Waals surface area contributed by atoms with E-state index in [2.05, 4.69) is 30.7 Å². The summed E-state index contributed by atoms with van der Waals surface area (Å²) in [4.78, 5) is 26.0. The Labute approximate surface area is 247 Å². The Hall–Kier alpha value is -4.73. The normalized spacial score (nSPS) is 12.0. The molecule has 0 aliphatic heterocycles. The van der Waals surface area contributed by atoms with Gasteiger partial charge in [0.2, 0.25) is 11.8 Å². The van der Waals surface area contributed by atoms with Crippen LogP contribution < -0.4 is 24.8 Å². The van der Waals surface area contributed by atoms with Crippen molar-refractivity contribution in [2.75, 3.05) is 45.2 Å². The predicted molar refractivity (Wildman–Crippen MR) is 153 cm³/mol. The third kappa shape index (κ3) is 7.38. The summed E-state index contributed by atoms with van der Waals surface area (Å²) in [6.45, 7) is 1.60. The zero-order valence-electron chi connectivity index (χ0n) is 23.8. The number of amides is 1. The van der Waals surface area contributed by atoms with E-state index in [9.17, 15) is 22.2 Å². The fourth-order valence-electron chi connectivity index (χ4n) is 3.96. The van der Waals surface area contributed by atoms with Crippen LogP contribution in [0.5, 0.6) is 17.4 Å². The number of aromatic nitrogens is 5. The first-order valence-electron chi connectivity index (χ1n) is 12.6. The molecule has 0 saturated carbocycles. The molecule has 12 nitrogen and oxygen atoms in total. The van der Waals surface area contributed by atoms with E-state index in [-0.39, 0.29) is 46.8 Å². The standard InChI is InChI=1S/C27H28F3N7O5S/c1-15-8-22(27(28,29)30)36-37(15)23-21(14-33-26(35-23)34-17-10-18(40-2)12-19(11-17)41-3)16-9-20(25(42-4)32-13-16)24(38)31-6-7-43(5)39/h8-14H,6-7H2,1-5H3,(H,31,38)(H,33,34,35).